The first-order valence-electron chi connectivity index (χ1n) is 6.25. The van der Waals surface area contributed by atoms with Crippen LogP contribution in [0.2, 0.25) is 0 Å². The average Bonchev–Trinajstić information content (AvgIpc) is 2.30. The number of halogens is 1. The molecule has 1 unspecified atom stereocenters. The molecule has 0 saturated heterocycles. The van der Waals surface area contributed by atoms with Gasteiger partial charge in [0.25, 0.3) is 0 Å². The van der Waals surface area contributed by atoms with E-state index in [1.807, 2.05) is 31.2 Å². The van der Waals surface area contributed by atoms with E-state index in [9.17, 15) is 8.42 Å². The maximum atomic E-state index is 12.0. The van der Waals surface area contributed by atoms with Gasteiger partial charge in [0.15, 0.2) is 9.84 Å². The summed E-state index contributed by atoms with van der Waals surface area (Å²) in [6.07, 6.45) is 1.78. The molecule has 0 spiro atoms. The highest BCUT2D eigenvalue weighted by atomic mass is 79.9. The lowest BCUT2D eigenvalue weighted by Crippen LogP contribution is -2.13. The highest BCUT2D eigenvalue weighted by molar-refractivity contribution is 9.09. The van der Waals surface area contributed by atoms with Crippen LogP contribution in [0.3, 0.4) is 0 Å². The van der Waals surface area contributed by atoms with Gasteiger partial charge in [0.1, 0.15) is 0 Å². The predicted octanol–water partition coefficient (Wildman–Crippen LogP) is 3.72. The topological polar surface area (TPSA) is 34.1 Å². The average molecular weight is 333 g/mol. The maximum absolute atomic E-state index is 12.0. The molecule has 0 aliphatic heterocycles. The minimum Gasteiger partial charge on any atom is -0.228 e. The largest absolute Gasteiger partial charge is 0.228 e. The van der Waals surface area contributed by atoms with Crippen molar-refractivity contribution in [1.82, 2.24) is 0 Å². The Balaban J connectivity index is 2.58. The normalized spacial score (nSPS) is 13.5. The van der Waals surface area contributed by atoms with E-state index >= 15 is 0 Å². The first kappa shape index (κ1) is 15.7. The summed E-state index contributed by atoms with van der Waals surface area (Å²) in [7, 11) is -2.99. The van der Waals surface area contributed by atoms with Gasteiger partial charge in [-0.25, -0.2) is 8.42 Å². The number of aryl methyl sites for hydroxylation is 1. The van der Waals surface area contributed by atoms with Crippen LogP contribution in [-0.4, -0.2) is 19.5 Å². The van der Waals surface area contributed by atoms with Gasteiger partial charge in [0.05, 0.1) is 11.5 Å². The molecule has 0 aliphatic carbocycles. The van der Waals surface area contributed by atoms with Gasteiger partial charge in [-0.1, -0.05) is 47.1 Å². The first-order valence-corrected chi connectivity index (χ1v) is 9.20. The minimum absolute atomic E-state index is 0.167. The summed E-state index contributed by atoms with van der Waals surface area (Å²) < 4.78 is 24.1. The third-order valence-electron chi connectivity index (χ3n) is 3.16. The molecule has 0 radical (unpaired) electrons. The third kappa shape index (κ3) is 5.53. The van der Waals surface area contributed by atoms with Crippen LogP contribution in [0.4, 0.5) is 0 Å². The summed E-state index contributed by atoms with van der Waals surface area (Å²) in [6, 6.07) is 7.68. The monoisotopic (exact) mass is 332 g/mol. The van der Waals surface area contributed by atoms with Crippen molar-refractivity contribution in [3.05, 3.63) is 35.4 Å². The SMILES string of the molecule is Cc1ccccc1CS(=O)(=O)CCC(C)CCBr. The minimum atomic E-state index is -2.99. The molecule has 1 rings (SSSR count). The van der Waals surface area contributed by atoms with Crippen LogP contribution >= 0.6 is 15.9 Å². The van der Waals surface area contributed by atoms with Crippen molar-refractivity contribution in [2.75, 3.05) is 11.1 Å². The highest BCUT2D eigenvalue weighted by Crippen LogP contribution is 2.15. The molecule has 0 saturated carbocycles. The Kier molecular flexibility index (Phi) is 6.36. The Labute approximate surface area is 119 Å². The van der Waals surface area contributed by atoms with Crippen molar-refractivity contribution in [1.29, 1.82) is 0 Å². The van der Waals surface area contributed by atoms with Crippen LogP contribution in [0, 0.1) is 12.8 Å². The molecule has 1 atom stereocenters. The molecule has 0 N–H and O–H groups in total. The zero-order valence-electron chi connectivity index (χ0n) is 11.0. The van der Waals surface area contributed by atoms with E-state index in [1.165, 1.54) is 0 Å². The fourth-order valence-corrected chi connectivity index (χ4v) is 4.28. The van der Waals surface area contributed by atoms with Gasteiger partial charge in [0, 0.05) is 5.33 Å². The van der Waals surface area contributed by atoms with Gasteiger partial charge in [-0.3, -0.25) is 0 Å². The fourth-order valence-electron chi connectivity index (χ4n) is 1.79. The van der Waals surface area contributed by atoms with Gasteiger partial charge >= 0.3 is 0 Å². The van der Waals surface area contributed by atoms with Crippen LogP contribution < -0.4 is 0 Å². The summed E-state index contributed by atoms with van der Waals surface area (Å²) >= 11 is 3.38. The summed E-state index contributed by atoms with van der Waals surface area (Å²) in [5, 5.41) is 0.937. The first-order chi connectivity index (χ1) is 8.44. The zero-order chi connectivity index (χ0) is 13.6. The second-order valence-corrected chi connectivity index (χ2v) is 7.87. The summed E-state index contributed by atoms with van der Waals surface area (Å²) in [5.41, 5.74) is 1.97. The van der Waals surface area contributed by atoms with Crippen LogP contribution in [-0.2, 0) is 15.6 Å². The van der Waals surface area contributed by atoms with E-state index < -0.39 is 9.84 Å². The number of alkyl halides is 1. The molecule has 0 heterocycles. The van der Waals surface area contributed by atoms with Crippen molar-refractivity contribution >= 4 is 25.8 Å². The van der Waals surface area contributed by atoms with Crippen LogP contribution in [0.5, 0.6) is 0 Å². The molecular formula is C14H21BrO2S. The molecule has 0 amide bonds. The number of hydrogen-bond acceptors (Lipinski definition) is 2. The van der Waals surface area contributed by atoms with Crippen LogP contribution in [0.15, 0.2) is 24.3 Å². The number of sulfone groups is 1. The van der Waals surface area contributed by atoms with Crippen LogP contribution in [0.25, 0.3) is 0 Å². The third-order valence-corrected chi connectivity index (χ3v) is 5.23. The van der Waals surface area contributed by atoms with E-state index in [0.29, 0.717) is 5.92 Å². The van der Waals surface area contributed by atoms with Crippen molar-refractivity contribution in [3.8, 4) is 0 Å². The molecule has 18 heavy (non-hydrogen) atoms. The smallest absolute Gasteiger partial charge is 0.154 e. The van der Waals surface area contributed by atoms with E-state index in [0.717, 1.165) is 29.3 Å². The summed E-state index contributed by atoms with van der Waals surface area (Å²) in [5.74, 6) is 0.909. The second-order valence-electron chi connectivity index (χ2n) is 4.89. The van der Waals surface area contributed by atoms with E-state index in [2.05, 4.69) is 22.9 Å². The Hall–Kier alpha value is -0.350. The Bertz CT molecular complexity index is 468. The molecule has 0 bridgehead atoms. The van der Waals surface area contributed by atoms with E-state index in [-0.39, 0.29) is 11.5 Å². The lowest BCUT2D eigenvalue weighted by atomic mass is 10.1. The Morgan fingerprint density at radius 3 is 2.50 bits per heavy atom. The van der Waals surface area contributed by atoms with Crippen molar-refractivity contribution in [3.63, 3.8) is 0 Å². The molecule has 2 nitrogen and oxygen atoms in total. The number of rotatable bonds is 7. The van der Waals surface area contributed by atoms with Gasteiger partial charge in [-0.05, 0) is 36.8 Å². The molecule has 4 heteroatoms. The van der Waals surface area contributed by atoms with E-state index in [4.69, 9.17) is 0 Å². The standard InChI is InChI=1S/C14H21BrO2S/c1-12(7-9-15)8-10-18(16,17)11-14-6-4-3-5-13(14)2/h3-6,12H,7-11H2,1-2H3. The highest BCUT2D eigenvalue weighted by Gasteiger charge is 2.15. The number of benzene rings is 1. The summed E-state index contributed by atoms with van der Waals surface area (Å²) in [4.78, 5) is 0. The second kappa shape index (κ2) is 7.29. The van der Waals surface area contributed by atoms with Gasteiger partial charge in [-0.2, -0.15) is 0 Å². The van der Waals surface area contributed by atoms with Crippen LogP contribution in [0.1, 0.15) is 30.9 Å². The lowest BCUT2D eigenvalue weighted by Gasteiger charge is -2.11. The lowest BCUT2D eigenvalue weighted by molar-refractivity contribution is 0.536. The predicted molar refractivity (Wildman–Crippen MR) is 80.9 cm³/mol. The van der Waals surface area contributed by atoms with Gasteiger partial charge in [-0.15, -0.1) is 0 Å². The molecule has 1 aromatic rings. The molecule has 0 fully saturated rings. The van der Waals surface area contributed by atoms with Crippen molar-refractivity contribution in [2.45, 2.75) is 32.4 Å². The molecule has 1 aromatic carbocycles. The zero-order valence-corrected chi connectivity index (χ0v) is 13.4. The molecule has 0 aliphatic rings. The Morgan fingerprint density at radius 1 is 1.22 bits per heavy atom. The fraction of sp³-hybridized carbons (Fsp3) is 0.571. The molecule has 0 aromatic heterocycles. The van der Waals surface area contributed by atoms with Crippen molar-refractivity contribution < 1.29 is 8.42 Å². The van der Waals surface area contributed by atoms with Gasteiger partial charge < -0.3 is 0 Å². The van der Waals surface area contributed by atoms with Gasteiger partial charge in [0.2, 0.25) is 0 Å². The number of hydrogen-bond donors (Lipinski definition) is 0. The van der Waals surface area contributed by atoms with E-state index in [1.54, 1.807) is 0 Å². The Morgan fingerprint density at radius 2 is 1.89 bits per heavy atom. The molecular weight excluding hydrogens is 312 g/mol. The quantitative estimate of drug-likeness (QED) is 0.713. The maximum Gasteiger partial charge on any atom is 0.154 e. The van der Waals surface area contributed by atoms with Crippen molar-refractivity contribution in [2.24, 2.45) is 5.92 Å². The molecule has 102 valence electrons. The summed E-state index contributed by atoms with van der Waals surface area (Å²) in [6.45, 7) is 4.06.